The molecule has 2 fully saturated rings. The van der Waals surface area contributed by atoms with Crippen LogP contribution in [0.15, 0.2) is 18.3 Å². The molecule has 0 radical (unpaired) electrons. The van der Waals surface area contributed by atoms with Gasteiger partial charge >= 0.3 is 0 Å². The van der Waals surface area contributed by atoms with E-state index in [9.17, 15) is 0 Å². The van der Waals surface area contributed by atoms with Crippen molar-refractivity contribution >= 4 is 5.82 Å². The number of pyridine rings is 1. The first-order valence-electron chi connectivity index (χ1n) is 7.31. The summed E-state index contributed by atoms with van der Waals surface area (Å²) in [5.74, 6) is 2.51. The Morgan fingerprint density at radius 3 is 2.37 bits per heavy atom. The molecule has 2 unspecified atom stereocenters. The predicted molar refractivity (Wildman–Crippen MR) is 77.6 cm³/mol. The summed E-state index contributed by atoms with van der Waals surface area (Å²) in [7, 11) is 0. The normalized spacial score (nSPS) is 27.4. The summed E-state index contributed by atoms with van der Waals surface area (Å²) in [4.78, 5) is 7.12. The highest BCUT2D eigenvalue weighted by atomic mass is 16.5. The Hall–Kier alpha value is -1.09. The highest BCUT2D eigenvalue weighted by Crippen LogP contribution is 2.30. The molecule has 1 aromatic heterocycles. The van der Waals surface area contributed by atoms with E-state index in [1.807, 2.05) is 6.20 Å². The number of nitrogens with zero attached hydrogens (tertiary/aromatic N) is 2. The third kappa shape index (κ3) is 2.76. The summed E-state index contributed by atoms with van der Waals surface area (Å²) in [6, 6.07) is 4.41. The SMILES string of the molecule is CC(C)(C)c1ccc(N2CC3COCC(C3)C2)nc1. The molecule has 2 bridgehead atoms. The second kappa shape index (κ2) is 4.78. The van der Waals surface area contributed by atoms with Crippen molar-refractivity contribution in [3.05, 3.63) is 23.9 Å². The fourth-order valence-corrected chi connectivity index (χ4v) is 3.17. The molecule has 104 valence electrons. The summed E-state index contributed by atoms with van der Waals surface area (Å²) < 4.78 is 5.64. The summed E-state index contributed by atoms with van der Waals surface area (Å²) >= 11 is 0. The van der Waals surface area contributed by atoms with E-state index in [1.54, 1.807) is 0 Å². The maximum absolute atomic E-state index is 5.64. The monoisotopic (exact) mass is 260 g/mol. The summed E-state index contributed by atoms with van der Waals surface area (Å²) in [5, 5.41) is 0. The second-order valence-electron chi connectivity index (χ2n) is 7.07. The van der Waals surface area contributed by atoms with Crippen LogP contribution in [0.4, 0.5) is 5.82 Å². The van der Waals surface area contributed by atoms with Crippen LogP contribution in [0.2, 0.25) is 0 Å². The van der Waals surface area contributed by atoms with Crippen molar-refractivity contribution in [2.75, 3.05) is 31.2 Å². The number of anilines is 1. The third-order valence-electron chi connectivity index (χ3n) is 4.27. The number of ether oxygens (including phenoxy) is 1. The lowest BCUT2D eigenvalue weighted by atomic mass is 9.87. The number of aromatic nitrogens is 1. The topological polar surface area (TPSA) is 25.4 Å². The molecule has 0 saturated carbocycles. The van der Waals surface area contributed by atoms with Crippen LogP contribution in [0, 0.1) is 11.8 Å². The summed E-state index contributed by atoms with van der Waals surface area (Å²) in [6.07, 6.45) is 3.37. The first-order chi connectivity index (χ1) is 9.02. The Labute approximate surface area is 116 Å². The quantitative estimate of drug-likeness (QED) is 0.776. The summed E-state index contributed by atoms with van der Waals surface area (Å²) in [5.41, 5.74) is 1.48. The van der Waals surface area contributed by atoms with E-state index in [0.717, 1.165) is 32.1 Å². The van der Waals surface area contributed by atoms with E-state index < -0.39 is 0 Å². The Morgan fingerprint density at radius 1 is 1.16 bits per heavy atom. The van der Waals surface area contributed by atoms with Gasteiger partial charge in [-0.3, -0.25) is 0 Å². The average Bonchev–Trinajstić information content (AvgIpc) is 2.37. The lowest BCUT2D eigenvalue weighted by Gasteiger charge is -2.41. The predicted octanol–water partition coefficient (Wildman–Crippen LogP) is 2.85. The molecule has 3 nitrogen and oxygen atoms in total. The van der Waals surface area contributed by atoms with Gasteiger partial charge < -0.3 is 9.64 Å². The maximum Gasteiger partial charge on any atom is 0.128 e. The number of hydrogen-bond acceptors (Lipinski definition) is 3. The molecule has 19 heavy (non-hydrogen) atoms. The van der Waals surface area contributed by atoms with Crippen molar-refractivity contribution in [2.24, 2.45) is 11.8 Å². The molecule has 0 aliphatic carbocycles. The molecule has 3 rings (SSSR count). The van der Waals surface area contributed by atoms with Gasteiger partial charge in [-0.1, -0.05) is 26.8 Å². The molecular weight excluding hydrogens is 236 g/mol. The van der Waals surface area contributed by atoms with Crippen molar-refractivity contribution in [2.45, 2.75) is 32.6 Å². The molecule has 2 saturated heterocycles. The van der Waals surface area contributed by atoms with Crippen molar-refractivity contribution < 1.29 is 4.74 Å². The van der Waals surface area contributed by atoms with Crippen molar-refractivity contribution in [1.82, 2.24) is 4.98 Å². The van der Waals surface area contributed by atoms with Gasteiger partial charge in [0.2, 0.25) is 0 Å². The van der Waals surface area contributed by atoms with Crippen LogP contribution in [-0.4, -0.2) is 31.3 Å². The zero-order chi connectivity index (χ0) is 13.5. The zero-order valence-electron chi connectivity index (χ0n) is 12.2. The first kappa shape index (κ1) is 12.9. The number of hydrogen-bond donors (Lipinski definition) is 0. The molecule has 3 heterocycles. The number of rotatable bonds is 1. The Balaban J connectivity index is 1.75. The number of fused-ring (bicyclic) bond motifs is 2. The molecule has 0 aromatic carbocycles. The third-order valence-corrected chi connectivity index (χ3v) is 4.27. The molecular formula is C16H24N2O. The van der Waals surface area contributed by atoms with Gasteiger partial charge in [0.05, 0.1) is 13.2 Å². The fourth-order valence-electron chi connectivity index (χ4n) is 3.17. The van der Waals surface area contributed by atoms with Crippen LogP contribution in [-0.2, 0) is 10.2 Å². The van der Waals surface area contributed by atoms with Crippen LogP contribution in [0.1, 0.15) is 32.8 Å². The van der Waals surface area contributed by atoms with Crippen LogP contribution < -0.4 is 4.90 Å². The lowest BCUT2D eigenvalue weighted by Crippen LogP contribution is -2.47. The van der Waals surface area contributed by atoms with Crippen molar-refractivity contribution in [3.8, 4) is 0 Å². The molecule has 2 atom stereocenters. The standard InChI is InChI=1S/C16H24N2O/c1-16(2,3)14-4-5-15(17-7-14)18-8-12-6-13(9-18)11-19-10-12/h4-5,7,12-13H,6,8-11H2,1-3H3. The highest BCUT2D eigenvalue weighted by Gasteiger charge is 2.31. The van der Waals surface area contributed by atoms with E-state index in [1.165, 1.54) is 12.0 Å². The van der Waals surface area contributed by atoms with Gasteiger partial charge in [-0.15, -0.1) is 0 Å². The second-order valence-corrected chi connectivity index (χ2v) is 7.07. The van der Waals surface area contributed by atoms with Crippen molar-refractivity contribution in [1.29, 1.82) is 0 Å². The molecule has 2 aliphatic heterocycles. The first-order valence-corrected chi connectivity index (χ1v) is 7.31. The van der Waals surface area contributed by atoms with Crippen LogP contribution in [0.25, 0.3) is 0 Å². The Kier molecular flexibility index (Phi) is 3.25. The van der Waals surface area contributed by atoms with Gasteiger partial charge in [-0.2, -0.15) is 0 Å². The van der Waals surface area contributed by atoms with E-state index in [-0.39, 0.29) is 5.41 Å². The van der Waals surface area contributed by atoms with Crippen LogP contribution in [0.5, 0.6) is 0 Å². The van der Waals surface area contributed by atoms with Crippen LogP contribution >= 0.6 is 0 Å². The minimum absolute atomic E-state index is 0.178. The smallest absolute Gasteiger partial charge is 0.128 e. The van der Waals surface area contributed by atoms with Gasteiger partial charge in [-0.25, -0.2) is 4.98 Å². The average molecular weight is 260 g/mol. The van der Waals surface area contributed by atoms with Gasteiger partial charge in [0.15, 0.2) is 0 Å². The Morgan fingerprint density at radius 2 is 1.84 bits per heavy atom. The fraction of sp³-hybridized carbons (Fsp3) is 0.688. The van der Waals surface area contributed by atoms with E-state index in [0.29, 0.717) is 11.8 Å². The van der Waals surface area contributed by atoms with Crippen molar-refractivity contribution in [3.63, 3.8) is 0 Å². The van der Waals surface area contributed by atoms with E-state index in [2.05, 4.69) is 42.8 Å². The Bertz CT molecular complexity index is 423. The highest BCUT2D eigenvalue weighted by molar-refractivity contribution is 5.41. The van der Waals surface area contributed by atoms with Crippen LogP contribution in [0.3, 0.4) is 0 Å². The zero-order valence-corrected chi connectivity index (χ0v) is 12.2. The van der Waals surface area contributed by atoms with Gasteiger partial charge in [0.25, 0.3) is 0 Å². The minimum Gasteiger partial charge on any atom is -0.381 e. The molecule has 0 N–H and O–H groups in total. The summed E-state index contributed by atoms with van der Waals surface area (Å²) in [6.45, 7) is 10.7. The molecule has 0 spiro atoms. The molecule has 1 aromatic rings. The maximum atomic E-state index is 5.64. The van der Waals surface area contributed by atoms with Gasteiger partial charge in [-0.05, 0) is 23.5 Å². The van der Waals surface area contributed by atoms with Gasteiger partial charge in [0, 0.05) is 31.1 Å². The minimum atomic E-state index is 0.178. The van der Waals surface area contributed by atoms with Gasteiger partial charge in [0.1, 0.15) is 5.82 Å². The molecule has 2 aliphatic rings. The van der Waals surface area contributed by atoms with E-state index >= 15 is 0 Å². The number of piperidine rings is 1. The lowest BCUT2D eigenvalue weighted by molar-refractivity contribution is 0.00608. The largest absolute Gasteiger partial charge is 0.381 e. The molecule has 3 heteroatoms. The molecule has 0 amide bonds. The van der Waals surface area contributed by atoms with E-state index in [4.69, 9.17) is 4.74 Å².